The van der Waals surface area contributed by atoms with Crippen molar-refractivity contribution in [2.75, 3.05) is 5.32 Å². The summed E-state index contributed by atoms with van der Waals surface area (Å²) in [5.74, 6) is -0.914. The van der Waals surface area contributed by atoms with Crippen molar-refractivity contribution in [2.45, 2.75) is 19.9 Å². The van der Waals surface area contributed by atoms with Crippen LogP contribution in [-0.4, -0.2) is 26.8 Å². The van der Waals surface area contributed by atoms with Crippen molar-refractivity contribution in [3.05, 3.63) is 21.6 Å². The van der Waals surface area contributed by atoms with Crippen LogP contribution in [0.3, 0.4) is 0 Å². The number of halogens is 1. The fourth-order valence-electron chi connectivity index (χ4n) is 1.34. The molecule has 0 radical (unpaired) electrons. The van der Waals surface area contributed by atoms with Crippen molar-refractivity contribution in [3.63, 3.8) is 0 Å². The van der Waals surface area contributed by atoms with Gasteiger partial charge in [0.05, 0.1) is 4.92 Å². The van der Waals surface area contributed by atoms with Crippen molar-refractivity contribution in [1.29, 1.82) is 0 Å². The van der Waals surface area contributed by atoms with Gasteiger partial charge in [0, 0.05) is 0 Å². The lowest BCUT2D eigenvalue weighted by molar-refractivity contribution is -0.384. The summed E-state index contributed by atoms with van der Waals surface area (Å²) >= 11 is 5.62. The number of amides is 1. The number of nitrogens with one attached hydrogen (secondary N) is 1. The third kappa shape index (κ3) is 3.04. The minimum absolute atomic E-state index is 0.127. The second-order valence-corrected chi connectivity index (χ2v) is 4.25. The fraction of sp³-hybridized carbons (Fsp3) is 0.444. The zero-order valence-electron chi connectivity index (χ0n) is 9.75. The molecule has 1 atom stereocenters. The standard InChI is InChI=1S/C9H12ClN5O3/c1-4(2)5(8(11)16)14-9-6(15(17)18)7(10)12-3-13-9/h3-5H,1-2H3,(H2,11,16)(H,12,13,14). The number of carbonyl (C=O) groups is 1. The number of carbonyl (C=O) groups excluding carboxylic acids is 1. The maximum Gasteiger partial charge on any atom is 0.348 e. The van der Waals surface area contributed by atoms with Crippen LogP contribution in [0.1, 0.15) is 13.8 Å². The van der Waals surface area contributed by atoms with E-state index in [0.717, 1.165) is 6.33 Å². The van der Waals surface area contributed by atoms with Crippen molar-refractivity contribution < 1.29 is 9.72 Å². The maximum absolute atomic E-state index is 11.2. The lowest BCUT2D eigenvalue weighted by atomic mass is 10.0. The van der Waals surface area contributed by atoms with Crippen molar-refractivity contribution >= 4 is 29.0 Å². The summed E-state index contributed by atoms with van der Waals surface area (Å²) in [7, 11) is 0. The molecule has 1 rings (SSSR count). The first-order valence-electron chi connectivity index (χ1n) is 5.05. The van der Waals surface area contributed by atoms with Crippen LogP contribution in [0.25, 0.3) is 0 Å². The van der Waals surface area contributed by atoms with Crippen molar-refractivity contribution in [3.8, 4) is 0 Å². The van der Waals surface area contributed by atoms with Crippen LogP contribution < -0.4 is 11.1 Å². The number of hydrogen-bond acceptors (Lipinski definition) is 6. The van der Waals surface area contributed by atoms with E-state index in [1.807, 2.05) is 0 Å². The maximum atomic E-state index is 11.2. The predicted octanol–water partition coefficient (Wildman–Crippen LogP) is 0.960. The van der Waals surface area contributed by atoms with E-state index in [1.54, 1.807) is 13.8 Å². The molecule has 0 aromatic carbocycles. The third-order valence-corrected chi connectivity index (χ3v) is 2.50. The Morgan fingerprint density at radius 3 is 2.61 bits per heavy atom. The van der Waals surface area contributed by atoms with Gasteiger partial charge in [-0.3, -0.25) is 14.9 Å². The molecule has 0 aliphatic rings. The molecule has 0 spiro atoms. The van der Waals surface area contributed by atoms with Crippen LogP contribution >= 0.6 is 11.6 Å². The Bertz CT molecular complexity index is 479. The first-order valence-corrected chi connectivity index (χ1v) is 5.43. The largest absolute Gasteiger partial charge is 0.368 e. The second-order valence-electron chi connectivity index (χ2n) is 3.89. The molecule has 8 nitrogen and oxygen atoms in total. The van der Waals surface area contributed by atoms with Crippen LogP contribution in [-0.2, 0) is 4.79 Å². The van der Waals surface area contributed by atoms with Crippen molar-refractivity contribution in [1.82, 2.24) is 9.97 Å². The number of anilines is 1. The zero-order chi connectivity index (χ0) is 13.9. The molecule has 0 aliphatic carbocycles. The summed E-state index contributed by atoms with van der Waals surface area (Å²) in [6, 6.07) is -0.783. The fourth-order valence-corrected chi connectivity index (χ4v) is 1.54. The Hall–Kier alpha value is -1.96. The van der Waals surface area contributed by atoms with E-state index >= 15 is 0 Å². The molecule has 1 aromatic heterocycles. The van der Waals surface area contributed by atoms with Gasteiger partial charge in [0.25, 0.3) is 0 Å². The van der Waals surface area contributed by atoms with Crippen LogP contribution in [0.4, 0.5) is 11.5 Å². The predicted molar refractivity (Wildman–Crippen MR) is 65.1 cm³/mol. The second kappa shape index (κ2) is 5.58. The Kier molecular flexibility index (Phi) is 4.38. The topological polar surface area (TPSA) is 124 Å². The molecule has 18 heavy (non-hydrogen) atoms. The lowest BCUT2D eigenvalue weighted by Gasteiger charge is -2.19. The minimum Gasteiger partial charge on any atom is -0.368 e. The van der Waals surface area contributed by atoms with Gasteiger partial charge in [0.2, 0.25) is 16.9 Å². The van der Waals surface area contributed by atoms with E-state index < -0.39 is 22.6 Å². The number of nitrogens with zero attached hydrogens (tertiary/aromatic N) is 3. The van der Waals surface area contributed by atoms with Gasteiger partial charge < -0.3 is 11.1 Å². The van der Waals surface area contributed by atoms with Gasteiger partial charge >= 0.3 is 5.69 Å². The molecule has 1 heterocycles. The summed E-state index contributed by atoms with van der Waals surface area (Å²) < 4.78 is 0. The molecule has 0 fully saturated rings. The van der Waals surface area contributed by atoms with Crippen LogP contribution in [0, 0.1) is 16.0 Å². The Balaban J connectivity index is 3.14. The van der Waals surface area contributed by atoms with Gasteiger partial charge in [-0.25, -0.2) is 9.97 Å². The van der Waals surface area contributed by atoms with Crippen molar-refractivity contribution in [2.24, 2.45) is 11.7 Å². The SMILES string of the molecule is CC(C)C(Nc1ncnc(Cl)c1[N+](=O)[O-])C(N)=O. The van der Waals surface area contributed by atoms with Crippen LogP contribution in [0.2, 0.25) is 5.15 Å². The van der Waals surface area contributed by atoms with Gasteiger partial charge in [-0.2, -0.15) is 0 Å². The van der Waals surface area contributed by atoms with Gasteiger partial charge in [0.1, 0.15) is 12.4 Å². The molecule has 98 valence electrons. The van der Waals surface area contributed by atoms with E-state index in [4.69, 9.17) is 17.3 Å². The number of nitrogens with two attached hydrogens (primary N) is 1. The van der Waals surface area contributed by atoms with Gasteiger partial charge in [-0.1, -0.05) is 25.4 Å². The number of rotatable bonds is 5. The third-order valence-electron chi connectivity index (χ3n) is 2.23. The normalized spacial score (nSPS) is 12.2. The average molecular weight is 274 g/mol. The Morgan fingerprint density at radius 1 is 1.56 bits per heavy atom. The Morgan fingerprint density at radius 2 is 2.17 bits per heavy atom. The highest BCUT2D eigenvalue weighted by Gasteiger charge is 2.27. The zero-order valence-corrected chi connectivity index (χ0v) is 10.5. The van der Waals surface area contributed by atoms with Gasteiger partial charge in [-0.15, -0.1) is 0 Å². The highest BCUT2D eigenvalue weighted by molar-refractivity contribution is 6.31. The summed E-state index contributed by atoms with van der Waals surface area (Å²) in [4.78, 5) is 28.6. The lowest BCUT2D eigenvalue weighted by Crippen LogP contribution is -2.40. The number of nitro groups is 1. The molecule has 1 unspecified atom stereocenters. The summed E-state index contributed by atoms with van der Waals surface area (Å²) in [6.45, 7) is 3.49. The molecule has 0 saturated heterocycles. The molecule has 1 amide bonds. The average Bonchev–Trinajstić information content (AvgIpc) is 2.24. The van der Waals surface area contributed by atoms with Crippen LogP contribution in [0.5, 0.6) is 0 Å². The molecule has 0 saturated carbocycles. The van der Waals surface area contributed by atoms with Gasteiger partial charge in [0.15, 0.2) is 0 Å². The van der Waals surface area contributed by atoms with Gasteiger partial charge in [-0.05, 0) is 5.92 Å². The molecular weight excluding hydrogens is 262 g/mol. The van der Waals surface area contributed by atoms with E-state index in [2.05, 4.69) is 15.3 Å². The molecule has 9 heteroatoms. The first kappa shape index (κ1) is 14.1. The smallest absolute Gasteiger partial charge is 0.348 e. The summed E-state index contributed by atoms with van der Waals surface area (Å²) in [6.07, 6.45) is 1.07. The highest BCUT2D eigenvalue weighted by Crippen LogP contribution is 2.29. The first-order chi connectivity index (χ1) is 8.34. The molecule has 3 N–H and O–H groups in total. The van der Waals surface area contributed by atoms with Crippen LogP contribution in [0.15, 0.2) is 6.33 Å². The quantitative estimate of drug-likeness (QED) is 0.468. The Labute approximate surface area is 108 Å². The number of primary amides is 1. The molecule has 0 bridgehead atoms. The monoisotopic (exact) mass is 273 g/mol. The minimum atomic E-state index is -0.783. The number of hydrogen-bond donors (Lipinski definition) is 2. The van der Waals surface area contributed by atoms with E-state index in [9.17, 15) is 14.9 Å². The van der Waals surface area contributed by atoms with E-state index in [-0.39, 0.29) is 16.9 Å². The highest BCUT2D eigenvalue weighted by atomic mass is 35.5. The number of aromatic nitrogens is 2. The molecule has 1 aromatic rings. The summed E-state index contributed by atoms with van der Waals surface area (Å²) in [5.41, 5.74) is 4.72. The molecule has 0 aliphatic heterocycles. The molecular formula is C9H12ClN5O3. The summed E-state index contributed by atoms with van der Waals surface area (Å²) in [5, 5.41) is 13.2. The van der Waals surface area contributed by atoms with E-state index in [0.29, 0.717) is 0 Å². The van der Waals surface area contributed by atoms with E-state index in [1.165, 1.54) is 0 Å².